The van der Waals surface area contributed by atoms with Crippen LogP contribution >= 0.6 is 0 Å². The van der Waals surface area contributed by atoms with Gasteiger partial charge in [0.25, 0.3) is 17.1 Å². The standard InChI is InChI=1S/C13H10.C6H3N3O6/c1-3-7-12-10(5-1)9-11-6-2-4-8-13(11)12;10-7(11)4-1-5(8(12)13)3-6(2-4)9(14)15/h1-8H,9H2;1-3H. The Morgan fingerprint density at radius 1 is 0.571 bits per heavy atom. The Kier molecular flexibility index (Phi) is 5.07. The SMILES string of the molecule is O=[N+]([O-])c1cc([N+](=O)[O-])cc([N+](=O)[O-])c1.c1ccc2c(c1)Cc1ccccc1-2. The lowest BCUT2D eigenvalue weighted by molar-refractivity contribution is -0.403. The third-order valence-corrected chi connectivity index (χ3v) is 4.23. The normalized spacial score (nSPS) is 10.9. The van der Waals surface area contributed by atoms with Crippen LogP contribution in [0.4, 0.5) is 17.1 Å². The molecule has 0 saturated carbocycles. The van der Waals surface area contributed by atoms with Gasteiger partial charge in [-0.05, 0) is 28.7 Å². The summed E-state index contributed by atoms with van der Waals surface area (Å²) in [6, 6.07) is 19.3. The molecule has 0 radical (unpaired) electrons. The molecular weight excluding hydrogens is 366 g/mol. The van der Waals surface area contributed by atoms with Gasteiger partial charge in [0, 0.05) is 0 Å². The highest BCUT2D eigenvalue weighted by Crippen LogP contribution is 2.35. The van der Waals surface area contributed by atoms with E-state index in [1.165, 1.54) is 22.3 Å². The molecule has 28 heavy (non-hydrogen) atoms. The number of nitro groups is 3. The monoisotopic (exact) mass is 379 g/mol. The minimum atomic E-state index is -0.931. The van der Waals surface area contributed by atoms with E-state index in [1.54, 1.807) is 0 Å². The predicted octanol–water partition coefficient (Wildman–Crippen LogP) is 4.67. The van der Waals surface area contributed by atoms with E-state index < -0.39 is 31.8 Å². The Balaban J connectivity index is 0.000000162. The van der Waals surface area contributed by atoms with Crippen LogP contribution in [0.1, 0.15) is 11.1 Å². The van der Waals surface area contributed by atoms with Crippen molar-refractivity contribution >= 4 is 17.1 Å². The molecule has 0 heterocycles. The maximum atomic E-state index is 10.3. The Labute approximate surface area is 158 Å². The van der Waals surface area contributed by atoms with Gasteiger partial charge in [0.05, 0.1) is 33.0 Å². The number of non-ortho nitro benzene ring substituents is 3. The minimum absolute atomic E-state index is 0.660. The van der Waals surface area contributed by atoms with Gasteiger partial charge in [-0.25, -0.2) is 0 Å². The largest absolute Gasteiger partial charge is 0.283 e. The van der Waals surface area contributed by atoms with Crippen LogP contribution in [0.3, 0.4) is 0 Å². The number of nitro benzene ring substituents is 3. The van der Waals surface area contributed by atoms with Crippen LogP contribution in [0, 0.1) is 30.3 Å². The van der Waals surface area contributed by atoms with Gasteiger partial charge < -0.3 is 0 Å². The molecule has 0 unspecified atom stereocenters. The summed E-state index contributed by atoms with van der Waals surface area (Å²) in [5, 5.41) is 30.9. The van der Waals surface area contributed by atoms with Gasteiger partial charge in [0.2, 0.25) is 0 Å². The number of hydrogen-bond donors (Lipinski definition) is 0. The van der Waals surface area contributed by atoms with Crippen molar-refractivity contribution in [3.63, 3.8) is 0 Å². The van der Waals surface area contributed by atoms with Crippen molar-refractivity contribution in [1.82, 2.24) is 0 Å². The van der Waals surface area contributed by atoms with Crippen LogP contribution < -0.4 is 0 Å². The van der Waals surface area contributed by atoms with E-state index in [0.717, 1.165) is 6.42 Å². The van der Waals surface area contributed by atoms with Crippen molar-refractivity contribution in [1.29, 1.82) is 0 Å². The fourth-order valence-corrected chi connectivity index (χ4v) is 2.98. The van der Waals surface area contributed by atoms with Gasteiger partial charge in [-0.1, -0.05) is 48.5 Å². The van der Waals surface area contributed by atoms with E-state index in [-0.39, 0.29) is 0 Å². The molecule has 0 bridgehead atoms. The third kappa shape index (κ3) is 3.83. The Bertz CT molecular complexity index is 974. The van der Waals surface area contributed by atoms with Crippen LogP contribution in [0.2, 0.25) is 0 Å². The first-order valence-corrected chi connectivity index (χ1v) is 8.11. The lowest BCUT2D eigenvalue weighted by Crippen LogP contribution is -1.96. The first-order valence-electron chi connectivity index (χ1n) is 8.11. The number of nitrogens with zero attached hydrogens (tertiary/aromatic N) is 3. The minimum Gasteiger partial charge on any atom is -0.258 e. The summed E-state index contributed by atoms with van der Waals surface area (Å²) in [7, 11) is 0. The number of hydrogen-bond acceptors (Lipinski definition) is 6. The van der Waals surface area contributed by atoms with Crippen LogP contribution in [-0.4, -0.2) is 14.8 Å². The highest BCUT2D eigenvalue weighted by Gasteiger charge is 2.21. The third-order valence-electron chi connectivity index (χ3n) is 4.23. The lowest BCUT2D eigenvalue weighted by Gasteiger charge is -1.98. The molecule has 0 N–H and O–H groups in total. The molecule has 0 saturated heterocycles. The molecule has 0 aromatic heterocycles. The number of rotatable bonds is 3. The zero-order valence-electron chi connectivity index (χ0n) is 14.3. The van der Waals surface area contributed by atoms with Crippen LogP contribution in [0.25, 0.3) is 11.1 Å². The molecule has 0 amide bonds. The first-order chi connectivity index (χ1) is 13.4. The van der Waals surface area contributed by atoms with E-state index >= 15 is 0 Å². The van der Waals surface area contributed by atoms with Crippen molar-refractivity contribution in [2.45, 2.75) is 6.42 Å². The Morgan fingerprint density at radius 2 is 0.893 bits per heavy atom. The fourth-order valence-electron chi connectivity index (χ4n) is 2.98. The number of fused-ring (bicyclic) bond motifs is 3. The van der Waals surface area contributed by atoms with Gasteiger partial charge in [-0.15, -0.1) is 0 Å². The highest BCUT2D eigenvalue weighted by molar-refractivity contribution is 5.76. The quantitative estimate of drug-likeness (QED) is 0.376. The molecule has 3 aromatic carbocycles. The second kappa shape index (κ2) is 7.62. The fraction of sp³-hybridized carbons (Fsp3) is 0.0526. The summed E-state index contributed by atoms with van der Waals surface area (Å²) < 4.78 is 0. The molecule has 0 aliphatic heterocycles. The molecule has 4 rings (SSSR count). The maximum absolute atomic E-state index is 10.3. The van der Waals surface area contributed by atoms with Crippen LogP contribution in [0.5, 0.6) is 0 Å². The average molecular weight is 379 g/mol. The van der Waals surface area contributed by atoms with E-state index in [0.29, 0.717) is 18.2 Å². The second-order valence-corrected chi connectivity index (χ2v) is 5.97. The Hall–Kier alpha value is -4.14. The van der Waals surface area contributed by atoms with Crippen molar-refractivity contribution < 1.29 is 14.8 Å². The zero-order chi connectivity index (χ0) is 20.3. The summed E-state index contributed by atoms with van der Waals surface area (Å²) in [4.78, 5) is 28.1. The average Bonchev–Trinajstić information content (AvgIpc) is 3.06. The predicted molar refractivity (Wildman–Crippen MR) is 101 cm³/mol. The van der Waals surface area contributed by atoms with Crippen molar-refractivity contribution in [2.75, 3.05) is 0 Å². The van der Waals surface area contributed by atoms with Gasteiger partial charge in [0.15, 0.2) is 0 Å². The number of benzene rings is 3. The molecule has 0 atom stereocenters. The molecule has 0 spiro atoms. The van der Waals surface area contributed by atoms with Gasteiger partial charge in [0.1, 0.15) is 0 Å². The lowest BCUT2D eigenvalue weighted by atomic mass is 10.1. The van der Waals surface area contributed by atoms with Gasteiger partial charge in [-0.3, -0.25) is 30.3 Å². The smallest absolute Gasteiger partial charge is 0.258 e. The molecule has 1 aliphatic rings. The molecule has 0 fully saturated rings. The highest BCUT2D eigenvalue weighted by atomic mass is 16.6. The van der Waals surface area contributed by atoms with Crippen LogP contribution in [0.15, 0.2) is 66.7 Å². The molecule has 9 nitrogen and oxygen atoms in total. The molecule has 1 aliphatic carbocycles. The molecule has 3 aromatic rings. The Morgan fingerprint density at radius 3 is 1.21 bits per heavy atom. The van der Waals surface area contributed by atoms with E-state index in [1.807, 2.05) is 0 Å². The summed E-state index contributed by atoms with van der Waals surface area (Å²) in [5.74, 6) is 0. The topological polar surface area (TPSA) is 129 Å². The van der Waals surface area contributed by atoms with Crippen molar-refractivity contribution in [3.8, 4) is 11.1 Å². The summed E-state index contributed by atoms with van der Waals surface area (Å²) in [5.41, 5.74) is 3.70. The van der Waals surface area contributed by atoms with Crippen LogP contribution in [-0.2, 0) is 6.42 Å². The van der Waals surface area contributed by atoms with Gasteiger partial charge in [-0.2, -0.15) is 0 Å². The molecule has 9 heteroatoms. The first kappa shape index (κ1) is 18.6. The van der Waals surface area contributed by atoms with Crippen molar-refractivity contribution in [2.24, 2.45) is 0 Å². The van der Waals surface area contributed by atoms with E-state index in [4.69, 9.17) is 0 Å². The summed E-state index contributed by atoms with van der Waals surface area (Å²) in [6.07, 6.45) is 1.10. The zero-order valence-corrected chi connectivity index (χ0v) is 14.3. The summed E-state index contributed by atoms with van der Waals surface area (Å²) >= 11 is 0. The van der Waals surface area contributed by atoms with Gasteiger partial charge >= 0.3 is 0 Å². The molecule has 140 valence electrons. The van der Waals surface area contributed by atoms with E-state index in [9.17, 15) is 30.3 Å². The molecular formula is C19H13N3O6. The van der Waals surface area contributed by atoms with Crippen molar-refractivity contribution in [3.05, 3.63) is 108 Å². The summed E-state index contributed by atoms with van der Waals surface area (Å²) in [6.45, 7) is 0. The second-order valence-electron chi connectivity index (χ2n) is 5.97. The maximum Gasteiger partial charge on any atom is 0.283 e. The van der Waals surface area contributed by atoms with E-state index in [2.05, 4.69) is 48.5 Å².